The predicted molar refractivity (Wildman–Crippen MR) is 175 cm³/mol. The number of imide groups is 1. The van der Waals surface area contributed by atoms with Crippen molar-refractivity contribution in [2.75, 3.05) is 26.2 Å². The van der Waals surface area contributed by atoms with Crippen LogP contribution in [0.2, 0.25) is 0 Å². The zero-order chi connectivity index (χ0) is 34.6. The van der Waals surface area contributed by atoms with Crippen molar-refractivity contribution < 1.29 is 39.0 Å². The quantitative estimate of drug-likeness (QED) is 0.308. The minimum Gasteiger partial charge on any atom is -0.392 e. The summed E-state index contributed by atoms with van der Waals surface area (Å²) in [6.07, 6.45) is -1.38. The zero-order valence-corrected chi connectivity index (χ0v) is 27.8. The molecule has 2 heterocycles. The van der Waals surface area contributed by atoms with Crippen molar-refractivity contribution >= 4 is 29.6 Å². The van der Waals surface area contributed by atoms with Gasteiger partial charge in [-0.3, -0.25) is 24.1 Å². The first kappa shape index (κ1) is 35.2. The molecule has 0 unspecified atom stereocenters. The summed E-state index contributed by atoms with van der Waals surface area (Å²) >= 11 is 0. The molecule has 0 aromatic heterocycles. The average Bonchev–Trinajstić information content (AvgIpc) is 3.52. The van der Waals surface area contributed by atoms with Crippen molar-refractivity contribution in [3.05, 3.63) is 71.3 Å². The molecule has 0 saturated carbocycles. The lowest BCUT2D eigenvalue weighted by molar-refractivity contribution is -0.174. The van der Waals surface area contributed by atoms with Crippen LogP contribution in [0.4, 0.5) is 4.79 Å². The number of piperazine rings is 1. The minimum atomic E-state index is -0.980. The number of aliphatic hydroxyl groups excluding tert-OH is 2. The molecule has 2 saturated heterocycles. The third-order valence-corrected chi connectivity index (χ3v) is 9.28. The number of hydrogen-bond donors (Lipinski definition) is 3. The summed E-state index contributed by atoms with van der Waals surface area (Å²) in [5.74, 6) is -2.43. The van der Waals surface area contributed by atoms with Gasteiger partial charge in [-0.25, -0.2) is 4.79 Å². The van der Waals surface area contributed by atoms with Crippen molar-refractivity contribution in [1.82, 2.24) is 20.2 Å². The highest BCUT2D eigenvalue weighted by molar-refractivity contribution is 6.01. The van der Waals surface area contributed by atoms with E-state index >= 15 is 0 Å². The Labute approximate surface area is 281 Å². The van der Waals surface area contributed by atoms with Crippen LogP contribution in [0.3, 0.4) is 0 Å². The highest BCUT2D eigenvalue weighted by Crippen LogP contribution is 2.37. The summed E-state index contributed by atoms with van der Waals surface area (Å²) in [5, 5.41) is 25.7. The molecular formula is C36H46N4O8. The van der Waals surface area contributed by atoms with Gasteiger partial charge in [-0.2, -0.15) is 0 Å². The van der Waals surface area contributed by atoms with E-state index in [1.807, 2.05) is 75.4 Å². The summed E-state index contributed by atoms with van der Waals surface area (Å²) in [7, 11) is 0. The number of nitrogens with one attached hydrogen (secondary N) is 1. The van der Waals surface area contributed by atoms with Gasteiger partial charge in [0, 0.05) is 62.8 Å². The van der Waals surface area contributed by atoms with Crippen LogP contribution in [0.1, 0.15) is 69.1 Å². The first-order valence-electron chi connectivity index (χ1n) is 16.7. The normalized spacial score (nSPS) is 22.7. The van der Waals surface area contributed by atoms with Gasteiger partial charge in [0.05, 0.1) is 12.2 Å². The lowest BCUT2D eigenvalue weighted by Gasteiger charge is -2.41. The average molecular weight is 663 g/mol. The number of ketones is 1. The van der Waals surface area contributed by atoms with Gasteiger partial charge >= 0.3 is 6.09 Å². The highest BCUT2D eigenvalue weighted by Gasteiger charge is 2.40. The molecule has 0 spiro atoms. The van der Waals surface area contributed by atoms with Crippen LogP contribution in [-0.4, -0.2) is 105 Å². The zero-order valence-electron chi connectivity index (χ0n) is 27.8. The Kier molecular flexibility index (Phi) is 11.0. The number of fused-ring (bicyclic) bond motifs is 1. The summed E-state index contributed by atoms with van der Waals surface area (Å²) in [6.45, 7) is 5.83. The second-order valence-corrected chi connectivity index (χ2v) is 14.2. The maximum atomic E-state index is 13.9. The molecule has 0 radical (unpaired) electrons. The molecule has 258 valence electrons. The number of aliphatic hydroxyl groups is 2. The Bertz CT molecular complexity index is 1490. The van der Waals surface area contributed by atoms with Crippen molar-refractivity contribution in [3.8, 4) is 0 Å². The summed E-state index contributed by atoms with van der Waals surface area (Å²) < 4.78 is 0. The van der Waals surface area contributed by atoms with Crippen LogP contribution < -0.4 is 5.32 Å². The first-order valence-corrected chi connectivity index (χ1v) is 16.7. The second kappa shape index (κ2) is 15.0. The SMILES string of the molecule is CC(C)(C)NC(=O)[C@@H]1CN(C(=O)ON2C(=O)CCC2=O)CCN1C[C@@H](O)C[C@@H](Cc1ccccc1)C(=O)C[C@H]1c2ccccc2C[C@H]1O. The van der Waals surface area contributed by atoms with E-state index in [4.69, 9.17) is 4.84 Å². The molecule has 3 N–H and O–H groups in total. The molecule has 1 aliphatic carbocycles. The van der Waals surface area contributed by atoms with Gasteiger partial charge in [-0.1, -0.05) is 54.6 Å². The Balaban J connectivity index is 1.28. The number of Topliss-reactive ketones (excluding diaryl/α,β-unsaturated/α-hetero) is 1. The smallest absolute Gasteiger partial charge is 0.392 e. The Morgan fingerprint density at radius 1 is 0.979 bits per heavy atom. The fourth-order valence-corrected chi connectivity index (χ4v) is 6.89. The van der Waals surface area contributed by atoms with Crippen LogP contribution in [0.15, 0.2) is 54.6 Å². The lowest BCUT2D eigenvalue weighted by Crippen LogP contribution is -2.63. The maximum Gasteiger partial charge on any atom is 0.434 e. The van der Waals surface area contributed by atoms with Crippen molar-refractivity contribution in [2.24, 2.45) is 5.92 Å². The van der Waals surface area contributed by atoms with Gasteiger partial charge in [0.2, 0.25) is 5.91 Å². The third-order valence-electron chi connectivity index (χ3n) is 9.28. The summed E-state index contributed by atoms with van der Waals surface area (Å²) in [6, 6.07) is 16.5. The van der Waals surface area contributed by atoms with Crippen molar-refractivity contribution in [2.45, 2.75) is 89.0 Å². The molecule has 2 aromatic carbocycles. The van der Waals surface area contributed by atoms with E-state index in [0.717, 1.165) is 16.7 Å². The van der Waals surface area contributed by atoms with Crippen molar-refractivity contribution in [3.63, 3.8) is 0 Å². The fraction of sp³-hybridized carbons (Fsp3) is 0.528. The largest absolute Gasteiger partial charge is 0.434 e. The monoisotopic (exact) mass is 662 g/mol. The highest BCUT2D eigenvalue weighted by atomic mass is 16.7. The van der Waals surface area contributed by atoms with E-state index in [1.54, 1.807) is 4.90 Å². The number of amides is 4. The minimum absolute atomic E-state index is 0.0311. The molecule has 0 bridgehead atoms. The maximum absolute atomic E-state index is 13.9. The number of benzene rings is 2. The van der Waals surface area contributed by atoms with Gasteiger partial charge < -0.3 is 25.3 Å². The molecule has 2 fully saturated rings. The molecular weight excluding hydrogens is 616 g/mol. The molecule has 4 amide bonds. The number of carbonyl (C=O) groups is 5. The second-order valence-electron chi connectivity index (χ2n) is 14.2. The van der Waals surface area contributed by atoms with Crippen LogP contribution in [0, 0.1) is 5.92 Å². The molecule has 2 aliphatic heterocycles. The van der Waals surface area contributed by atoms with Crippen LogP contribution >= 0.6 is 0 Å². The van der Waals surface area contributed by atoms with Gasteiger partial charge in [-0.05, 0) is 56.7 Å². The van der Waals surface area contributed by atoms with Gasteiger partial charge in [0.1, 0.15) is 11.8 Å². The van der Waals surface area contributed by atoms with E-state index in [-0.39, 0.29) is 69.5 Å². The lowest BCUT2D eigenvalue weighted by atomic mass is 9.83. The number of β-amino-alcohol motifs (C(OH)–C–C–N with tert-alkyl or cyclic N) is 1. The standard InChI is InChI=1S/C36H46N4O8/c1-36(2,3)37-34(46)29-22-39(35(47)48-40-32(44)13-14-33(40)45)16-15-38(29)21-26(41)18-25(17-23-9-5-4-6-10-23)30(42)20-28-27-12-8-7-11-24(27)19-31(28)43/h4-12,25-26,28-29,31,41,43H,13-22H2,1-3H3,(H,37,46)/t25-,26+,28+,29+,31-/m1/s1. The van der Waals surface area contributed by atoms with Crippen LogP contribution in [0.5, 0.6) is 0 Å². The molecule has 48 heavy (non-hydrogen) atoms. The van der Waals surface area contributed by atoms with E-state index in [9.17, 15) is 34.2 Å². The van der Waals surface area contributed by atoms with E-state index in [1.165, 1.54) is 4.90 Å². The Morgan fingerprint density at radius 2 is 1.65 bits per heavy atom. The topological polar surface area (TPSA) is 157 Å². The van der Waals surface area contributed by atoms with E-state index < -0.39 is 47.6 Å². The molecule has 12 heteroatoms. The number of carbonyl (C=O) groups excluding carboxylic acids is 5. The summed E-state index contributed by atoms with van der Waals surface area (Å²) in [5.41, 5.74) is 2.42. The molecule has 2 aromatic rings. The first-order chi connectivity index (χ1) is 22.8. The van der Waals surface area contributed by atoms with Crippen LogP contribution in [-0.2, 0) is 36.9 Å². The Hall–Kier alpha value is -4.13. The summed E-state index contributed by atoms with van der Waals surface area (Å²) in [4.78, 5) is 72.6. The van der Waals surface area contributed by atoms with Gasteiger partial charge in [0.15, 0.2) is 0 Å². The van der Waals surface area contributed by atoms with E-state index in [0.29, 0.717) is 17.9 Å². The Morgan fingerprint density at radius 3 is 2.33 bits per heavy atom. The van der Waals surface area contributed by atoms with Crippen molar-refractivity contribution in [1.29, 1.82) is 0 Å². The fourth-order valence-electron chi connectivity index (χ4n) is 6.89. The number of hydroxylamine groups is 2. The number of rotatable bonds is 11. The van der Waals surface area contributed by atoms with Gasteiger partial charge in [0.25, 0.3) is 11.8 Å². The van der Waals surface area contributed by atoms with Gasteiger partial charge in [-0.15, -0.1) is 5.06 Å². The molecule has 3 aliphatic rings. The number of nitrogens with zero attached hydrogens (tertiary/aromatic N) is 3. The third kappa shape index (κ3) is 8.66. The van der Waals surface area contributed by atoms with E-state index in [2.05, 4.69) is 5.32 Å². The molecule has 12 nitrogen and oxygen atoms in total. The predicted octanol–water partition coefficient (Wildman–Crippen LogP) is 2.36. The molecule has 5 atom stereocenters. The number of hydrogen-bond acceptors (Lipinski definition) is 9. The van der Waals surface area contributed by atoms with Crippen LogP contribution in [0.25, 0.3) is 0 Å². The molecule has 5 rings (SSSR count).